The molecule has 1 aliphatic rings. The first-order valence-corrected chi connectivity index (χ1v) is 3.86. The summed E-state index contributed by atoms with van der Waals surface area (Å²) in [5.41, 5.74) is 5.56. The van der Waals surface area contributed by atoms with Gasteiger partial charge in [0.05, 0.1) is 11.5 Å². The van der Waals surface area contributed by atoms with Crippen LogP contribution in [0.2, 0.25) is 0 Å². The van der Waals surface area contributed by atoms with Crippen molar-refractivity contribution in [3.8, 4) is 6.07 Å². The lowest BCUT2D eigenvalue weighted by Gasteiger charge is -2.32. The van der Waals surface area contributed by atoms with Crippen LogP contribution in [0.4, 0.5) is 0 Å². The van der Waals surface area contributed by atoms with Gasteiger partial charge in [-0.3, -0.25) is 0 Å². The maximum Gasteiger partial charge on any atom is 0.0703 e. The minimum atomic E-state index is -0.238. The summed E-state index contributed by atoms with van der Waals surface area (Å²) in [5.74, 6) is 0. The summed E-state index contributed by atoms with van der Waals surface area (Å²) >= 11 is 0. The van der Waals surface area contributed by atoms with Crippen molar-refractivity contribution < 1.29 is 0 Å². The Morgan fingerprint density at radius 1 is 1.60 bits per heavy atom. The predicted octanol–water partition coefficient (Wildman–Crippen LogP) is 1.42. The van der Waals surface area contributed by atoms with Crippen molar-refractivity contribution in [2.24, 2.45) is 11.1 Å². The van der Waals surface area contributed by atoms with Crippen LogP contribution in [0.5, 0.6) is 0 Å². The average molecular weight is 138 g/mol. The average Bonchev–Trinajstić information content (AvgIpc) is 1.96. The Hall–Kier alpha value is -0.550. The van der Waals surface area contributed by atoms with Gasteiger partial charge < -0.3 is 5.73 Å². The summed E-state index contributed by atoms with van der Waals surface area (Å²) in [6, 6.07) is 2.41. The van der Waals surface area contributed by atoms with Gasteiger partial charge in [0.25, 0.3) is 0 Å². The minimum absolute atomic E-state index is 0.103. The van der Waals surface area contributed by atoms with Gasteiger partial charge in [0.1, 0.15) is 0 Å². The number of hydrogen-bond donors (Lipinski definition) is 1. The lowest BCUT2D eigenvalue weighted by Crippen LogP contribution is -2.40. The fraction of sp³-hybridized carbons (Fsp3) is 0.875. The minimum Gasteiger partial charge on any atom is -0.326 e. The zero-order valence-electron chi connectivity index (χ0n) is 6.43. The highest BCUT2D eigenvalue weighted by Crippen LogP contribution is 2.33. The van der Waals surface area contributed by atoms with Gasteiger partial charge in [0.2, 0.25) is 0 Å². The largest absolute Gasteiger partial charge is 0.326 e. The summed E-state index contributed by atoms with van der Waals surface area (Å²) in [7, 11) is 0. The second-order valence-corrected chi connectivity index (χ2v) is 3.38. The molecule has 0 aliphatic heterocycles. The van der Waals surface area contributed by atoms with E-state index < -0.39 is 0 Å². The van der Waals surface area contributed by atoms with Gasteiger partial charge in [-0.2, -0.15) is 5.26 Å². The lowest BCUT2D eigenvalue weighted by atomic mass is 9.73. The molecule has 2 nitrogen and oxygen atoms in total. The van der Waals surface area contributed by atoms with Crippen LogP contribution in [0.3, 0.4) is 0 Å². The number of hydrogen-bond acceptors (Lipinski definition) is 2. The third kappa shape index (κ3) is 1.15. The van der Waals surface area contributed by atoms with Gasteiger partial charge in [-0.15, -0.1) is 0 Å². The van der Waals surface area contributed by atoms with E-state index in [2.05, 4.69) is 6.07 Å². The first kappa shape index (κ1) is 7.56. The second kappa shape index (κ2) is 2.59. The van der Waals surface area contributed by atoms with E-state index in [1.54, 1.807) is 0 Å². The number of nitriles is 1. The standard InChI is InChI=1S/C8H14N2/c1-8(6-9)5-3-2-4-7(8)10/h7H,2-5,10H2,1H3/t7-,8-/m1/s1. The maximum atomic E-state index is 8.79. The fourth-order valence-electron chi connectivity index (χ4n) is 1.50. The SMILES string of the molecule is C[C@]1(C#N)CCCC[C@H]1N. The van der Waals surface area contributed by atoms with Crippen molar-refractivity contribution in [1.82, 2.24) is 0 Å². The molecule has 1 aliphatic carbocycles. The third-order valence-corrected chi connectivity index (χ3v) is 2.54. The molecule has 56 valence electrons. The van der Waals surface area contributed by atoms with Crippen molar-refractivity contribution in [2.75, 3.05) is 0 Å². The molecule has 0 saturated heterocycles. The van der Waals surface area contributed by atoms with E-state index in [-0.39, 0.29) is 11.5 Å². The molecule has 1 fully saturated rings. The van der Waals surface area contributed by atoms with Crippen LogP contribution in [-0.2, 0) is 0 Å². The highest BCUT2D eigenvalue weighted by molar-refractivity contribution is 5.04. The van der Waals surface area contributed by atoms with Crippen LogP contribution in [-0.4, -0.2) is 6.04 Å². The molecule has 0 bridgehead atoms. The summed E-state index contributed by atoms with van der Waals surface area (Å²) in [4.78, 5) is 0. The predicted molar refractivity (Wildman–Crippen MR) is 40.2 cm³/mol. The summed E-state index contributed by atoms with van der Waals surface area (Å²) in [5, 5.41) is 8.79. The quantitative estimate of drug-likeness (QED) is 0.550. The van der Waals surface area contributed by atoms with Crippen LogP contribution in [0.1, 0.15) is 32.6 Å². The van der Waals surface area contributed by atoms with Gasteiger partial charge in [0, 0.05) is 6.04 Å². The highest BCUT2D eigenvalue weighted by Gasteiger charge is 2.33. The van der Waals surface area contributed by atoms with Crippen LogP contribution in [0.15, 0.2) is 0 Å². The van der Waals surface area contributed by atoms with Crippen molar-refractivity contribution in [2.45, 2.75) is 38.6 Å². The molecule has 2 atom stereocenters. The zero-order valence-corrected chi connectivity index (χ0v) is 6.43. The van der Waals surface area contributed by atoms with E-state index in [1.165, 1.54) is 6.42 Å². The first-order chi connectivity index (χ1) is 4.69. The molecule has 0 aromatic rings. The van der Waals surface area contributed by atoms with Gasteiger partial charge in [-0.1, -0.05) is 12.8 Å². The van der Waals surface area contributed by atoms with E-state index in [4.69, 9.17) is 11.0 Å². The summed E-state index contributed by atoms with van der Waals surface area (Å²) < 4.78 is 0. The third-order valence-electron chi connectivity index (χ3n) is 2.54. The van der Waals surface area contributed by atoms with Gasteiger partial charge >= 0.3 is 0 Å². The molecular formula is C8H14N2. The van der Waals surface area contributed by atoms with Gasteiger partial charge in [-0.05, 0) is 19.8 Å². The first-order valence-electron chi connectivity index (χ1n) is 3.86. The monoisotopic (exact) mass is 138 g/mol. The topological polar surface area (TPSA) is 49.8 Å². The number of nitrogens with two attached hydrogens (primary N) is 1. The van der Waals surface area contributed by atoms with Crippen LogP contribution in [0, 0.1) is 16.7 Å². The molecule has 1 rings (SSSR count). The molecule has 1 saturated carbocycles. The van der Waals surface area contributed by atoms with Crippen molar-refractivity contribution in [3.63, 3.8) is 0 Å². The Morgan fingerprint density at radius 3 is 2.70 bits per heavy atom. The maximum absolute atomic E-state index is 8.79. The van der Waals surface area contributed by atoms with Crippen molar-refractivity contribution >= 4 is 0 Å². The van der Waals surface area contributed by atoms with E-state index in [0.29, 0.717) is 0 Å². The van der Waals surface area contributed by atoms with E-state index in [1.807, 2.05) is 6.92 Å². The molecule has 0 spiro atoms. The highest BCUT2D eigenvalue weighted by atomic mass is 14.7. The van der Waals surface area contributed by atoms with Gasteiger partial charge in [0.15, 0.2) is 0 Å². The van der Waals surface area contributed by atoms with Crippen LogP contribution in [0.25, 0.3) is 0 Å². The molecule has 2 heteroatoms. The van der Waals surface area contributed by atoms with E-state index in [9.17, 15) is 0 Å². The normalized spacial score (nSPS) is 40.7. The van der Waals surface area contributed by atoms with Crippen molar-refractivity contribution in [3.05, 3.63) is 0 Å². The van der Waals surface area contributed by atoms with E-state index >= 15 is 0 Å². The second-order valence-electron chi connectivity index (χ2n) is 3.38. The molecule has 0 amide bonds. The molecule has 0 aromatic heterocycles. The molecule has 0 heterocycles. The van der Waals surface area contributed by atoms with E-state index in [0.717, 1.165) is 19.3 Å². The van der Waals surface area contributed by atoms with Crippen LogP contribution >= 0.6 is 0 Å². The summed E-state index contributed by atoms with van der Waals surface area (Å²) in [6.07, 6.45) is 4.35. The molecule has 0 unspecified atom stereocenters. The molecular weight excluding hydrogens is 124 g/mol. The Morgan fingerprint density at radius 2 is 2.30 bits per heavy atom. The Labute approximate surface area is 62.0 Å². The smallest absolute Gasteiger partial charge is 0.0703 e. The molecule has 0 aromatic carbocycles. The fourth-order valence-corrected chi connectivity index (χ4v) is 1.50. The molecule has 10 heavy (non-hydrogen) atoms. The number of rotatable bonds is 0. The molecule has 0 radical (unpaired) electrons. The van der Waals surface area contributed by atoms with Crippen LogP contribution < -0.4 is 5.73 Å². The zero-order chi connectivity index (χ0) is 7.61. The lowest BCUT2D eigenvalue weighted by molar-refractivity contribution is 0.249. The Balaban J connectivity index is 2.65. The Kier molecular flexibility index (Phi) is 1.96. The Bertz CT molecular complexity index is 159. The number of nitrogens with zero attached hydrogens (tertiary/aromatic N) is 1. The van der Waals surface area contributed by atoms with Crippen molar-refractivity contribution in [1.29, 1.82) is 5.26 Å². The van der Waals surface area contributed by atoms with Gasteiger partial charge in [-0.25, -0.2) is 0 Å². The summed E-state index contributed by atoms with van der Waals surface area (Å²) in [6.45, 7) is 1.97. The molecule has 2 N–H and O–H groups in total.